The molecule has 1 saturated heterocycles. The van der Waals surface area contributed by atoms with Gasteiger partial charge < -0.3 is 10.2 Å². The van der Waals surface area contributed by atoms with Crippen molar-refractivity contribution in [1.82, 2.24) is 10.2 Å². The van der Waals surface area contributed by atoms with Crippen molar-refractivity contribution in [3.05, 3.63) is 34.6 Å². The van der Waals surface area contributed by atoms with Gasteiger partial charge in [-0.25, -0.2) is 8.78 Å². The maximum Gasteiger partial charge on any atom is 0.230 e. The van der Waals surface area contributed by atoms with Crippen molar-refractivity contribution in [3.63, 3.8) is 0 Å². The van der Waals surface area contributed by atoms with E-state index in [0.717, 1.165) is 32.2 Å². The minimum absolute atomic E-state index is 0.0211. The molecule has 1 N–H and O–H groups in total. The van der Waals surface area contributed by atoms with Crippen LogP contribution in [-0.4, -0.2) is 42.7 Å². The Morgan fingerprint density at radius 2 is 1.77 bits per heavy atom. The summed E-state index contributed by atoms with van der Waals surface area (Å²) in [4.78, 5) is 15.7. The molecule has 0 radical (unpaired) electrons. The van der Waals surface area contributed by atoms with Gasteiger partial charge in [-0.2, -0.15) is 0 Å². The van der Waals surface area contributed by atoms with Gasteiger partial charge in [-0.3, -0.25) is 4.79 Å². The van der Waals surface area contributed by atoms with E-state index in [2.05, 4.69) is 31.0 Å². The molecule has 1 heterocycles. The lowest BCUT2D eigenvalue weighted by molar-refractivity contribution is -0.129. The number of nitrogens with zero attached hydrogens (tertiary/aromatic N) is 1. The number of likely N-dealkylation sites (tertiary alicyclic amines) is 1. The lowest BCUT2D eigenvalue weighted by Crippen LogP contribution is -2.53. The number of alkyl halides is 1. The molecule has 1 aliphatic heterocycles. The van der Waals surface area contributed by atoms with E-state index in [1.807, 2.05) is 0 Å². The number of hydrogen-bond acceptors (Lipinski definition) is 2. The second kappa shape index (κ2) is 9.74. The van der Waals surface area contributed by atoms with Crippen LogP contribution in [0.5, 0.6) is 0 Å². The first kappa shape index (κ1) is 24.4. The number of nitrogens with one attached hydrogen (secondary N) is 1. The minimum atomic E-state index is -1.41. The van der Waals surface area contributed by atoms with Crippen molar-refractivity contribution < 1.29 is 13.6 Å². The molecule has 3 rings (SSSR count). The monoisotopic (exact) mass is 454 g/mol. The highest BCUT2D eigenvalue weighted by molar-refractivity contribution is 6.31. The quantitative estimate of drug-likeness (QED) is 0.568. The van der Waals surface area contributed by atoms with E-state index in [1.165, 1.54) is 6.07 Å². The predicted molar refractivity (Wildman–Crippen MR) is 123 cm³/mol. The number of carbonyl (C=O) groups excluding carboxylic acids is 1. The average molecular weight is 455 g/mol. The molecule has 1 aliphatic carbocycles. The van der Waals surface area contributed by atoms with E-state index in [4.69, 9.17) is 11.6 Å². The van der Waals surface area contributed by atoms with Gasteiger partial charge in [-0.05, 0) is 56.2 Å². The highest BCUT2D eigenvalue weighted by Gasteiger charge is 2.45. The number of hydrogen-bond donors (Lipinski definition) is 1. The van der Waals surface area contributed by atoms with Gasteiger partial charge in [0.05, 0.1) is 12.0 Å². The first-order valence-electron chi connectivity index (χ1n) is 11.7. The van der Waals surface area contributed by atoms with E-state index in [9.17, 15) is 9.18 Å². The van der Waals surface area contributed by atoms with Crippen molar-refractivity contribution in [1.29, 1.82) is 0 Å². The standard InChI is InChI=1S/C25H37ClF2N2O/c1-23(2,3)12-15-30-16-13-24(28,14-17-30)18-29-22(31)25(10-5-4-6-11-25)21-19(26)8-7-9-20(21)27/h7-9H,4-6,10-18H2,1-3H3,(H,29,31). The fraction of sp³-hybridized carbons (Fsp3) is 0.720. The summed E-state index contributed by atoms with van der Waals surface area (Å²) in [6, 6.07) is 4.54. The van der Waals surface area contributed by atoms with Gasteiger partial charge in [0.2, 0.25) is 5.91 Å². The molecule has 6 heteroatoms. The Morgan fingerprint density at radius 3 is 2.35 bits per heavy atom. The van der Waals surface area contributed by atoms with Crippen LogP contribution in [0.1, 0.15) is 77.7 Å². The van der Waals surface area contributed by atoms with Crippen molar-refractivity contribution in [2.45, 2.75) is 83.2 Å². The molecule has 1 aromatic rings. The Morgan fingerprint density at radius 1 is 1.13 bits per heavy atom. The lowest BCUT2D eigenvalue weighted by Gasteiger charge is -2.40. The average Bonchev–Trinajstić information content (AvgIpc) is 2.72. The van der Waals surface area contributed by atoms with Gasteiger partial charge >= 0.3 is 0 Å². The van der Waals surface area contributed by atoms with E-state index >= 15 is 4.39 Å². The van der Waals surface area contributed by atoms with Crippen LogP contribution in [-0.2, 0) is 10.2 Å². The molecule has 0 aromatic heterocycles. The third-order valence-corrected chi connectivity index (χ3v) is 7.39. The smallest absolute Gasteiger partial charge is 0.230 e. The van der Waals surface area contributed by atoms with Crippen LogP contribution < -0.4 is 5.32 Å². The zero-order valence-electron chi connectivity index (χ0n) is 19.2. The zero-order valence-corrected chi connectivity index (χ0v) is 20.0. The fourth-order valence-corrected chi connectivity index (χ4v) is 5.30. The summed E-state index contributed by atoms with van der Waals surface area (Å²) in [6.07, 6.45) is 5.66. The fourth-order valence-electron chi connectivity index (χ4n) is 4.96. The van der Waals surface area contributed by atoms with E-state index < -0.39 is 16.9 Å². The summed E-state index contributed by atoms with van der Waals surface area (Å²) < 4.78 is 30.3. The topological polar surface area (TPSA) is 32.3 Å². The van der Waals surface area contributed by atoms with Crippen LogP contribution in [0.25, 0.3) is 0 Å². The highest BCUT2D eigenvalue weighted by Crippen LogP contribution is 2.44. The van der Waals surface area contributed by atoms with Crippen LogP contribution >= 0.6 is 11.6 Å². The summed E-state index contributed by atoms with van der Waals surface area (Å²) in [7, 11) is 0. The molecule has 1 aromatic carbocycles. The Kier molecular flexibility index (Phi) is 7.68. The second-order valence-corrected chi connectivity index (χ2v) is 11.1. The molecule has 2 aliphatic rings. The maximum atomic E-state index is 15.5. The second-order valence-electron chi connectivity index (χ2n) is 10.7. The lowest BCUT2D eigenvalue weighted by atomic mass is 9.68. The molecular weight excluding hydrogens is 418 g/mol. The Balaban J connectivity index is 1.64. The first-order chi connectivity index (χ1) is 14.5. The molecule has 1 saturated carbocycles. The molecule has 3 nitrogen and oxygen atoms in total. The Hall–Kier alpha value is -1.20. The molecule has 2 fully saturated rings. The molecular formula is C25H37ClF2N2O. The van der Waals surface area contributed by atoms with Gasteiger partial charge in [0, 0.05) is 23.7 Å². The summed E-state index contributed by atoms with van der Waals surface area (Å²) >= 11 is 6.35. The molecule has 31 heavy (non-hydrogen) atoms. The predicted octanol–water partition coefficient (Wildman–Crippen LogP) is 6.04. The number of carbonyl (C=O) groups is 1. The number of amides is 1. The zero-order chi connectivity index (χ0) is 22.7. The molecule has 1 amide bonds. The van der Waals surface area contributed by atoms with E-state index in [-0.39, 0.29) is 28.5 Å². The van der Waals surface area contributed by atoms with Crippen molar-refractivity contribution in [2.24, 2.45) is 5.41 Å². The number of piperidine rings is 1. The van der Waals surface area contributed by atoms with Gasteiger partial charge in [0.15, 0.2) is 0 Å². The molecule has 0 bridgehead atoms. The SMILES string of the molecule is CC(C)(C)CCN1CCC(F)(CNC(=O)C2(c3c(F)cccc3Cl)CCCCC2)CC1. The Bertz CT molecular complexity index is 743. The number of halogens is 3. The molecule has 0 atom stereocenters. The summed E-state index contributed by atoms with van der Waals surface area (Å²) in [5.74, 6) is -0.738. The van der Waals surface area contributed by atoms with Crippen molar-refractivity contribution in [2.75, 3.05) is 26.2 Å². The van der Waals surface area contributed by atoms with Gasteiger partial charge in [-0.15, -0.1) is 0 Å². The molecule has 0 unspecified atom stereocenters. The molecule has 174 valence electrons. The van der Waals surface area contributed by atoms with Crippen LogP contribution in [0.4, 0.5) is 8.78 Å². The van der Waals surface area contributed by atoms with Crippen LogP contribution in [0.15, 0.2) is 18.2 Å². The van der Waals surface area contributed by atoms with Gasteiger partial charge in [0.1, 0.15) is 11.5 Å². The van der Waals surface area contributed by atoms with Crippen molar-refractivity contribution in [3.8, 4) is 0 Å². The number of rotatable bonds is 6. The highest BCUT2D eigenvalue weighted by atomic mass is 35.5. The van der Waals surface area contributed by atoms with E-state index in [0.29, 0.717) is 38.8 Å². The summed E-state index contributed by atoms with van der Waals surface area (Å²) in [6.45, 7) is 9.01. The third kappa shape index (κ3) is 5.98. The Labute approximate surface area is 190 Å². The van der Waals surface area contributed by atoms with E-state index in [1.54, 1.807) is 12.1 Å². The third-order valence-electron chi connectivity index (χ3n) is 7.08. The minimum Gasteiger partial charge on any atom is -0.352 e. The number of benzene rings is 1. The van der Waals surface area contributed by atoms with Crippen molar-refractivity contribution >= 4 is 17.5 Å². The summed E-state index contributed by atoms with van der Waals surface area (Å²) in [5.41, 5.74) is -1.88. The largest absolute Gasteiger partial charge is 0.352 e. The first-order valence-corrected chi connectivity index (χ1v) is 12.1. The van der Waals surface area contributed by atoms with Gasteiger partial charge in [-0.1, -0.05) is 57.7 Å². The summed E-state index contributed by atoms with van der Waals surface area (Å²) in [5, 5.41) is 3.15. The van der Waals surface area contributed by atoms with Crippen LogP contribution in [0, 0.1) is 11.2 Å². The normalized spacial score (nSPS) is 21.6. The molecule has 0 spiro atoms. The van der Waals surface area contributed by atoms with Gasteiger partial charge in [0.25, 0.3) is 0 Å². The maximum absolute atomic E-state index is 15.5. The van der Waals surface area contributed by atoms with Crippen LogP contribution in [0.2, 0.25) is 5.02 Å². The van der Waals surface area contributed by atoms with Crippen LogP contribution in [0.3, 0.4) is 0 Å².